The molecule has 5 rings (SSSR count). The number of aromatic nitrogens is 4. The normalized spacial score (nSPS) is 17.4. The molecule has 4 aromatic rings. The summed E-state index contributed by atoms with van der Waals surface area (Å²) in [7, 11) is 0. The summed E-state index contributed by atoms with van der Waals surface area (Å²) in [6.45, 7) is 5.81. The van der Waals surface area contributed by atoms with Crippen molar-refractivity contribution in [2.45, 2.75) is 89.9 Å². The van der Waals surface area contributed by atoms with Crippen LogP contribution in [0.15, 0.2) is 53.6 Å². The summed E-state index contributed by atoms with van der Waals surface area (Å²) in [5.41, 5.74) is 2.44. The van der Waals surface area contributed by atoms with E-state index in [-0.39, 0.29) is 30.7 Å². The van der Waals surface area contributed by atoms with Crippen LogP contribution in [0.1, 0.15) is 87.7 Å². The molecule has 0 aliphatic heterocycles. The smallest absolute Gasteiger partial charge is 0.259 e. The number of nitrogens with zero attached hydrogens (tertiary/aromatic N) is 5. The van der Waals surface area contributed by atoms with Crippen LogP contribution in [-0.2, 0) is 17.6 Å². The lowest BCUT2D eigenvalue weighted by Crippen LogP contribution is -2.36. The number of nitriles is 1. The van der Waals surface area contributed by atoms with Gasteiger partial charge in [0.1, 0.15) is 12.1 Å². The number of rotatable bonds is 10. The summed E-state index contributed by atoms with van der Waals surface area (Å²) < 4.78 is 25.1. The summed E-state index contributed by atoms with van der Waals surface area (Å²) >= 11 is 0. The topological polar surface area (TPSA) is 105 Å². The van der Waals surface area contributed by atoms with E-state index in [0.717, 1.165) is 44.2 Å². The van der Waals surface area contributed by atoms with E-state index in [1.54, 1.807) is 47.2 Å². The van der Waals surface area contributed by atoms with E-state index >= 15 is 4.39 Å². The average molecular weight is 572 g/mol. The summed E-state index contributed by atoms with van der Waals surface area (Å²) in [5, 5.41) is 24.0. The molecule has 9 heteroatoms. The second-order valence-corrected chi connectivity index (χ2v) is 11.9. The molecule has 0 atom stereocenters. The fraction of sp³-hybridized carbons (Fsp3) is 0.455. The molecule has 0 unspecified atom stereocenters. The summed E-state index contributed by atoms with van der Waals surface area (Å²) in [6.07, 6.45) is 7.06. The van der Waals surface area contributed by atoms with Gasteiger partial charge in [-0.3, -0.25) is 9.36 Å². The molecule has 2 aromatic heterocycles. The van der Waals surface area contributed by atoms with Gasteiger partial charge in [-0.15, -0.1) is 0 Å². The van der Waals surface area contributed by atoms with E-state index in [9.17, 15) is 15.2 Å². The van der Waals surface area contributed by atoms with E-state index in [4.69, 9.17) is 4.74 Å². The highest BCUT2D eigenvalue weighted by atomic mass is 19.1. The van der Waals surface area contributed by atoms with Crippen molar-refractivity contribution < 1.29 is 14.2 Å². The molecule has 8 nitrogen and oxygen atoms in total. The van der Waals surface area contributed by atoms with Crippen LogP contribution in [0.4, 0.5) is 4.39 Å². The number of benzene rings is 2. The Morgan fingerprint density at radius 1 is 1.17 bits per heavy atom. The second kappa shape index (κ2) is 12.6. The number of hydrogen-bond donors (Lipinski definition) is 1. The lowest BCUT2D eigenvalue weighted by molar-refractivity contribution is -0.0654. The standard InChI is InChI=1S/C33H38FN5O3/c1-4-5-10-30-28(17-23-12-11-22(18-29(23)34)27-9-7-6-8-24(27)19-35)31(40)38(32-36-21-37-39(30)32)25-13-15-26(16-14-25)42-20-33(2,3)41/h6-9,11-12,18,21,25-26,41H,4-5,10,13-17,20H2,1-3H3. The highest BCUT2D eigenvalue weighted by Crippen LogP contribution is 2.32. The van der Waals surface area contributed by atoms with Gasteiger partial charge in [0.15, 0.2) is 0 Å². The molecule has 1 N–H and O–H groups in total. The third kappa shape index (κ3) is 6.30. The Hall–Kier alpha value is -3.87. The Bertz CT molecular complexity index is 1660. The molecule has 1 saturated carbocycles. The van der Waals surface area contributed by atoms with Crippen LogP contribution >= 0.6 is 0 Å². The molecule has 0 saturated heterocycles. The molecule has 42 heavy (non-hydrogen) atoms. The molecule has 1 fully saturated rings. The SMILES string of the molecule is CCCCc1c(Cc2ccc(-c3ccccc3C#N)cc2F)c(=O)n(C2CCC(OCC(C)(C)O)CC2)c2ncnn12. The van der Waals surface area contributed by atoms with E-state index in [1.807, 2.05) is 12.1 Å². The predicted octanol–water partition coefficient (Wildman–Crippen LogP) is 5.77. The molecule has 0 amide bonds. The second-order valence-electron chi connectivity index (χ2n) is 11.9. The zero-order chi connectivity index (χ0) is 29.9. The van der Waals surface area contributed by atoms with Crippen LogP contribution in [0.3, 0.4) is 0 Å². The van der Waals surface area contributed by atoms with Gasteiger partial charge in [-0.1, -0.05) is 43.7 Å². The Morgan fingerprint density at radius 2 is 1.93 bits per heavy atom. The molecule has 0 spiro atoms. The van der Waals surface area contributed by atoms with E-state index in [1.165, 1.54) is 12.4 Å². The Kier molecular flexibility index (Phi) is 8.85. The molecule has 2 aromatic carbocycles. The maximum Gasteiger partial charge on any atom is 0.259 e. The summed E-state index contributed by atoms with van der Waals surface area (Å²) in [5.74, 6) is 0.0930. The third-order valence-electron chi connectivity index (χ3n) is 8.05. The van der Waals surface area contributed by atoms with Gasteiger partial charge in [0.05, 0.1) is 35.6 Å². The maximum atomic E-state index is 15.6. The first kappa shape index (κ1) is 29.6. The first-order valence-electron chi connectivity index (χ1n) is 14.8. The van der Waals surface area contributed by atoms with Crippen molar-refractivity contribution >= 4 is 5.78 Å². The van der Waals surface area contributed by atoms with Crippen molar-refractivity contribution in [2.24, 2.45) is 0 Å². The highest BCUT2D eigenvalue weighted by Gasteiger charge is 2.29. The van der Waals surface area contributed by atoms with Gasteiger partial charge in [-0.25, -0.2) is 8.91 Å². The van der Waals surface area contributed by atoms with Crippen molar-refractivity contribution in [1.82, 2.24) is 19.2 Å². The fourth-order valence-electron chi connectivity index (χ4n) is 5.86. The predicted molar refractivity (Wildman–Crippen MR) is 159 cm³/mol. The molecule has 1 aliphatic carbocycles. The molecule has 220 valence electrons. The quantitative estimate of drug-likeness (QED) is 0.259. The number of hydrogen-bond acceptors (Lipinski definition) is 6. The van der Waals surface area contributed by atoms with E-state index in [0.29, 0.717) is 40.0 Å². The number of ether oxygens (including phenoxy) is 1. The average Bonchev–Trinajstić information content (AvgIpc) is 3.46. The van der Waals surface area contributed by atoms with Crippen LogP contribution in [0.25, 0.3) is 16.9 Å². The van der Waals surface area contributed by atoms with Crippen molar-refractivity contribution in [3.05, 3.63) is 87.3 Å². The lowest BCUT2D eigenvalue weighted by Gasteiger charge is -2.32. The molecular weight excluding hydrogens is 533 g/mol. The van der Waals surface area contributed by atoms with Crippen LogP contribution < -0.4 is 5.56 Å². The third-order valence-corrected chi connectivity index (χ3v) is 8.05. The minimum absolute atomic E-state index is 0.0272. The van der Waals surface area contributed by atoms with Gasteiger partial charge >= 0.3 is 0 Å². The number of fused-ring (bicyclic) bond motifs is 1. The molecule has 0 bridgehead atoms. The zero-order valence-electron chi connectivity index (χ0n) is 24.5. The van der Waals surface area contributed by atoms with Gasteiger partial charge in [0.25, 0.3) is 5.56 Å². The monoisotopic (exact) mass is 571 g/mol. The number of unbranched alkanes of at least 4 members (excludes halogenated alkanes) is 1. The number of aryl methyl sites for hydroxylation is 1. The van der Waals surface area contributed by atoms with E-state index < -0.39 is 11.4 Å². The first-order chi connectivity index (χ1) is 20.2. The molecule has 2 heterocycles. The van der Waals surface area contributed by atoms with Crippen molar-refractivity contribution in [3.8, 4) is 17.2 Å². The number of aliphatic hydroxyl groups is 1. The largest absolute Gasteiger partial charge is 0.388 e. The van der Waals surface area contributed by atoms with Crippen molar-refractivity contribution in [3.63, 3.8) is 0 Å². The first-order valence-corrected chi connectivity index (χ1v) is 14.8. The van der Waals surface area contributed by atoms with Crippen LogP contribution in [0, 0.1) is 17.1 Å². The van der Waals surface area contributed by atoms with Crippen LogP contribution in [0.5, 0.6) is 0 Å². The van der Waals surface area contributed by atoms with Gasteiger partial charge in [-0.05, 0) is 81.2 Å². The minimum Gasteiger partial charge on any atom is -0.388 e. The Labute approximate surface area is 245 Å². The lowest BCUT2D eigenvalue weighted by atomic mass is 9.92. The maximum absolute atomic E-state index is 15.6. The van der Waals surface area contributed by atoms with Gasteiger partial charge in [0, 0.05) is 18.0 Å². The van der Waals surface area contributed by atoms with E-state index in [2.05, 4.69) is 23.1 Å². The molecule has 0 radical (unpaired) electrons. The number of halogens is 1. The van der Waals surface area contributed by atoms with Crippen LogP contribution in [-0.4, -0.2) is 42.6 Å². The Morgan fingerprint density at radius 3 is 2.62 bits per heavy atom. The summed E-state index contributed by atoms with van der Waals surface area (Å²) in [6, 6.07) is 14.2. The Balaban J connectivity index is 1.50. The van der Waals surface area contributed by atoms with Crippen molar-refractivity contribution in [1.29, 1.82) is 5.26 Å². The van der Waals surface area contributed by atoms with Crippen molar-refractivity contribution in [2.75, 3.05) is 6.61 Å². The minimum atomic E-state index is -0.892. The fourth-order valence-corrected chi connectivity index (χ4v) is 5.86. The van der Waals surface area contributed by atoms with Crippen LogP contribution in [0.2, 0.25) is 0 Å². The van der Waals surface area contributed by atoms with Gasteiger partial charge in [-0.2, -0.15) is 15.3 Å². The van der Waals surface area contributed by atoms with Gasteiger partial charge < -0.3 is 9.84 Å². The summed E-state index contributed by atoms with van der Waals surface area (Å²) in [4.78, 5) is 18.7. The zero-order valence-corrected chi connectivity index (χ0v) is 24.5. The molecule has 1 aliphatic rings. The highest BCUT2D eigenvalue weighted by molar-refractivity contribution is 5.70. The molecular formula is C33H38FN5O3. The van der Waals surface area contributed by atoms with Gasteiger partial charge in [0.2, 0.25) is 5.78 Å².